The number of halogens is 1. The summed E-state index contributed by atoms with van der Waals surface area (Å²) in [5, 5.41) is 6.50. The van der Waals surface area contributed by atoms with Crippen molar-refractivity contribution in [1.82, 2.24) is 9.97 Å². The van der Waals surface area contributed by atoms with Crippen molar-refractivity contribution in [2.45, 2.75) is 32.6 Å². The van der Waals surface area contributed by atoms with Crippen molar-refractivity contribution in [3.05, 3.63) is 47.9 Å². The normalized spacial score (nSPS) is 10.5. The Kier molecular flexibility index (Phi) is 6.61. The van der Waals surface area contributed by atoms with E-state index in [9.17, 15) is 4.39 Å². The number of nitrogens with zero attached hydrogens (tertiary/aromatic N) is 2. The monoisotopic (exact) mass is 302 g/mol. The molecule has 0 aliphatic rings. The van der Waals surface area contributed by atoms with Crippen LogP contribution in [0, 0.1) is 5.82 Å². The van der Waals surface area contributed by atoms with Crippen LogP contribution < -0.4 is 10.6 Å². The molecule has 1 heterocycles. The molecule has 118 valence electrons. The van der Waals surface area contributed by atoms with Crippen LogP contribution in [0.15, 0.2) is 36.5 Å². The molecule has 0 amide bonds. The van der Waals surface area contributed by atoms with Gasteiger partial charge in [0.2, 0.25) is 5.95 Å². The number of rotatable bonds is 9. The van der Waals surface area contributed by atoms with Gasteiger partial charge in [-0.2, -0.15) is 4.98 Å². The van der Waals surface area contributed by atoms with Crippen LogP contribution in [0.2, 0.25) is 0 Å². The second-order valence-corrected chi connectivity index (χ2v) is 5.20. The summed E-state index contributed by atoms with van der Waals surface area (Å²) >= 11 is 0. The Balaban J connectivity index is 1.76. The molecule has 2 aromatic rings. The molecule has 0 aliphatic heterocycles. The lowest BCUT2D eigenvalue weighted by atomic mass is 10.1. The summed E-state index contributed by atoms with van der Waals surface area (Å²) in [5.74, 6) is 1.25. The first-order valence-corrected chi connectivity index (χ1v) is 7.83. The minimum absolute atomic E-state index is 0.203. The number of unbranched alkanes of at least 4 members (excludes halogenated alkanes) is 2. The highest BCUT2D eigenvalue weighted by molar-refractivity contribution is 5.39. The fraction of sp³-hybridized carbons (Fsp3) is 0.412. The van der Waals surface area contributed by atoms with Crippen molar-refractivity contribution in [2.24, 2.45) is 0 Å². The Morgan fingerprint density at radius 1 is 1.00 bits per heavy atom. The van der Waals surface area contributed by atoms with Crippen LogP contribution >= 0.6 is 0 Å². The van der Waals surface area contributed by atoms with Gasteiger partial charge in [0.25, 0.3) is 0 Å². The van der Waals surface area contributed by atoms with E-state index in [1.54, 1.807) is 18.3 Å². The van der Waals surface area contributed by atoms with E-state index in [1.165, 1.54) is 25.0 Å². The highest BCUT2D eigenvalue weighted by Gasteiger charge is 1.99. The van der Waals surface area contributed by atoms with Gasteiger partial charge in [-0.3, -0.25) is 0 Å². The molecule has 0 fully saturated rings. The average Bonchev–Trinajstić information content (AvgIpc) is 2.54. The average molecular weight is 302 g/mol. The third kappa shape index (κ3) is 5.68. The number of aromatic nitrogens is 2. The molecule has 2 N–H and O–H groups in total. The predicted octanol–water partition coefficient (Wildman–Crippen LogP) is 3.87. The van der Waals surface area contributed by atoms with Crippen molar-refractivity contribution in [2.75, 3.05) is 23.7 Å². The SMILES string of the molecule is CCCCCNc1nccc(NCCc2ccc(F)cc2)n1. The number of benzene rings is 1. The Morgan fingerprint density at radius 3 is 2.59 bits per heavy atom. The van der Waals surface area contributed by atoms with Crippen LogP contribution in [0.1, 0.15) is 31.7 Å². The molecular formula is C17H23FN4. The maximum atomic E-state index is 12.8. The summed E-state index contributed by atoms with van der Waals surface area (Å²) in [4.78, 5) is 8.63. The van der Waals surface area contributed by atoms with Crippen molar-refractivity contribution >= 4 is 11.8 Å². The van der Waals surface area contributed by atoms with Gasteiger partial charge in [-0.1, -0.05) is 31.9 Å². The van der Waals surface area contributed by atoms with Crippen LogP contribution in [0.5, 0.6) is 0 Å². The van der Waals surface area contributed by atoms with E-state index < -0.39 is 0 Å². The summed E-state index contributed by atoms with van der Waals surface area (Å²) in [5.41, 5.74) is 1.10. The number of nitrogens with one attached hydrogen (secondary N) is 2. The summed E-state index contributed by atoms with van der Waals surface area (Å²) in [6.07, 6.45) is 6.11. The number of hydrogen-bond donors (Lipinski definition) is 2. The van der Waals surface area contributed by atoms with Gasteiger partial charge in [0.15, 0.2) is 0 Å². The van der Waals surface area contributed by atoms with Gasteiger partial charge in [-0.25, -0.2) is 9.37 Å². The third-order valence-electron chi connectivity index (χ3n) is 3.35. The Labute approximate surface area is 131 Å². The first-order valence-electron chi connectivity index (χ1n) is 7.83. The summed E-state index contributed by atoms with van der Waals surface area (Å²) in [6.45, 7) is 3.83. The standard InChI is InChI=1S/C17H23FN4/c1-2-3-4-11-20-17-21-13-10-16(22-17)19-12-9-14-5-7-15(18)8-6-14/h5-8,10,13H,2-4,9,11-12H2,1H3,(H2,19,20,21,22). The topological polar surface area (TPSA) is 49.8 Å². The van der Waals surface area contributed by atoms with Crippen LogP contribution in [-0.2, 0) is 6.42 Å². The zero-order valence-electron chi connectivity index (χ0n) is 13.0. The first-order chi connectivity index (χ1) is 10.8. The zero-order valence-corrected chi connectivity index (χ0v) is 13.0. The molecule has 4 nitrogen and oxygen atoms in total. The summed E-state index contributed by atoms with van der Waals surface area (Å²) in [6, 6.07) is 8.42. The van der Waals surface area contributed by atoms with Crippen LogP contribution in [0.4, 0.5) is 16.2 Å². The first kappa shape index (κ1) is 16.2. The molecular weight excluding hydrogens is 279 g/mol. The molecule has 0 unspecified atom stereocenters. The number of anilines is 2. The Morgan fingerprint density at radius 2 is 1.82 bits per heavy atom. The van der Waals surface area contributed by atoms with E-state index in [-0.39, 0.29) is 5.82 Å². The van der Waals surface area contributed by atoms with Crippen LogP contribution in [0.25, 0.3) is 0 Å². The highest BCUT2D eigenvalue weighted by atomic mass is 19.1. The highest BCUT2D eigenvalue weighted by Crippen LogP contribution is 2.08. The molecule has 0 spiro atoms. The quantitative estimate of drug-likeness (QED) is 0.690. The Bertz CT molecular complexity index is 557. The third-order valence-corrected chi connectivity index (χ3v) is 3.35. The molecule has 22 heavy (non-hydrogen) atoms. The second kappa shape index (κ2) is 8.97. The van der Waals surface area contributed by atoms with E-state index in [4.69, 9.17) is 0 Å². The van der Waals surface area contributed by atoms with E-state index in [0.717, 1.165) is 37.3 Å². The van der Waals surface area contributed by atoms with Crippen molar-refractivity contribution in [3.63, 3.8) is 0 Å². The lowest BCUT2D eigenvalue weighted by Crippen LogP contribution is -2.09. The molecule has 1 aromatic carbocycles. The van der Waals surface area contributed by atoms with E-state index in [2.05, 4.69) is 27.5 Å². The van der Waals surface area contributed by atoms with Crippen LogP contribution in [0.3, 0.4) is 0 Å². The Hall–Kier alpha value is -2.17. The molecule has 0 atom stereocenters. The molecule has 0 saturated heterocycles. The lowest BCUT2D eigenvalue weighted by Gasteiger charge is -2.08. The van der Waals surface area contributed by atoms with Crippen molar-refractivity contribution in [1.29, 1.82) is 0 Å². The largest absolute Gasteiger partial charge is 0.370 e. The molecule has 2 rings (SSSR count). The lowest BCUT2D eigenvalue weighted by molar-refractivity contribution is 0.627. The maximum absolute atomic E-state index is 12.8. The number of hydrogen-bond acceptors (Lipinski definition) is 4. The van der Waals surface area contributed by atoms with Gasteiger partial charge >= 0.3 is 0 Å². The van der Waals surface area contributed by atoms with Gasteiger partial charge in [0.1, 0.15) is 11.6 Å². The molecule has 0 radical (unpaired) electrons. The van der Waals surface area contributed by atoms with Gasteiger partial charge < -0.3 is 10.6 Å². The fourth-order valence-corrected chi connectivity index (χ4v) is 2.10. The van der Waals surface area contributed by atoms with E-state index in [1.807, 2.05) is 6.07 Å². The van der Waals surface area contributed by atoms with Gasteiger partial charge in [-0.05, 0) is 36.6 Å². The molecule has 0 aliphatic carbocycles. The maximum Gasteiger partial charge on any atom is 0.224 e. The zero-order chi connectivity index (χ0) is 15.6. The van der Waals surface area contributed by atoms with Crippen molar-refractivity contribution < 1.29 is 4.39 Å². The van der Waals surface area contributed by atoms with Gasteiger partial charge in [0, 0.05) is 19.3 Å². The summed E-state index contributed by atoms with van der Waals surface area (Å²) < 4.78 is 12.8. The van der Waals surface area contributed by atoms with E-state index >= 15 is 0 Å². The molecule has 1 aromatic heterocycles. The predicted molar refractivity (Wildman–Crippen MR) is 88.6 cm³/mol. The fourth-order valence-electron chi connectivity index (χ4n) is 2.10. The van der Waals surface area contributed by atoms with Gasteiger partial charge in [-0.15, -0.1) is 0 Å². The minimum atomic E-state index is -0.203. The molecule has 0 bridgehead atoms. The van der Waals surface area contributed by atoms with Gasteiger partial charge in [0.05, 0.1) is 0 Å². The smallest absolute Gasteiger partial charge is 0.224 e. The summed E-state index contributed by atoms with van der Waals surface area (Å²) in [7, 11) is 0. The van der Waals surface area contributed by atoms with E-state index in [0.29, 0.717) is 5.95 Å². The second-order valence-electron chi connectivity index (χ2n) is 5.20. The molecule has 0 saturated carbocycles. The molecule has 5 heteroatoms. The van der Waals surface area contributed by atoms with Crippen LogP contribution in [-0.4, -0.2) is 23.1 Å². The minimum Gasteiger partial charge on any atom is -0.370 e. The van der Waals surface area contributed by atoms with Crippen molar-refractivity contribution in [3.8, 4) is 0 Å².